The second kappa shape index (κ2) is 9.51. The fraction of sp³-hybridized carbons (Fsp3) is 0.333. The van der Waals surface area contributed by atoms with Gasteiger partial charge in [0, 0.05) is 12.1 Å². The number of hydrogen-bond donors (Lipinski definition) is 7. The van der Waals surface area contributed by atoms with Gasteiger partial charge in [0.25, 0.3) is 0 Å². The minimum atomic E-state index is -2.00. The molecule has 0 unspecified atom stereocenters. The van der Waals surface area contributed by atoms with E-state index in [9.17, 15) is 45.3 Å². The Bertz CT molecular complexity index is 974. The number of ketones is 1. The van der Waals surface area contributed by atoms with Crippen LogP contribution in [0.4, 0.5) is 0 Å². The van der Waals surface area contributed by atoms with Crippen LogP contribution in [0.15, 0.2) is 36.4 Å². The van der Waals surface area contributed by atoms with E-state index in [2.05, 4.69) is 0 Å². The lowest BCUT2D eigenvalue weighted by atomic mass is 9.92. The average Bonchev–Trinajstić information content (AvgIpc) is 2.76. The number of aliphatic hydroxyl groups excluding tert-OH is 4. The van der Waals surface area contributed by atoms with Crippen molar-refractivity contribution in [3.8, 4) is 23.0 Å². The lowest BCUT2D eigenvalue weighted by Crippen LogP contribution is -2.48. The Hall–Kier alpha value is -3.22. The molecule has 0 amide bonds. The minimum absolute atomic E-state index is 0.0179. The molecule has 2 aromatic carbocycles. The van der Waals surface area contributed by atoms with Crippen LogP contribution in [-0.2, 0) is 9.53 Å². The SMILES string of the molecule is O=C[C@@H](O)[C@@H](O)[C@H](O)[C@H](O)CO[C@@H]1C(=O)c2c(O)cc(O)cc2O[C@H]1c1ccc(O)cc1. The van der Waals surface area contributed by atoms with Crippen LogP contribution in [0.3, 0.4) is 0 Å². The van der Waals surface area contributed by atoms with Gasteiger partial charge in [0.15, 0.2) is 18.5 Å². The van der Waals surface area contributed by atoms with Crippen molar-refractivity contribution in [2.75, 3.05) is 6.61 Å². The molecule has 11 nitrogen and oxygen atoms in total. The summed E-state index contributed by atoms with van der Waals surface area (Å²) in [4.78, 5) is 23.7. The van der Waals surface area contributed by atoms with Crippen molar-refractivity contribution in [2.24, 2.45) is 0 Å². The summed E-state index contributed by atoms with van der Waals surface area (Å²) < 4.78 is 11.3. The van der Waals surface area contributed by atoms with Gasteiger partial charge in [-0.15, -0.1) is 0 Å². The maximum absolute atomic E-state index is 13.1. The molecule has 0 aromatic heterocycles. The lowest BCUT2D eigenvalue weighted by molar-refractivity contribution is -0.142. The first-order valence-corrected chi connectivity index (χ1v) is 9.49. The number of Topliss-reactive ketones (excluding diaryl/α,β-unsaturated/α-hetero) is 1. The Labute approximate surface area is 181 Å². The number of carbonyl (C=O) groups is 2. The molecule has 0 spiro atoms. The minimum Gasteiger partial charge on any atom is -0.508 e. The topological polar surface area (TPSA) is 194 Å². The van der Waals surface area contributed by atoms with Gasteiger partial charge in [-0.2, -0.15) is 0 Å². The highest BCUT2D eigenvalue weighted by Gasteiger charge is 2.42. The van der Waals surface area contributed by atoms with E-state index in [-0.39, 0.29) is 29.1 Å². The Balaban J connectivity index is 1.88. The number of ether oxygens (including phenoxy) is 2. The first kappa shape index (κ1) is 23.4. The number of rotatable bonds is 8. The van der Waals surface area contributed by atoms with E-state index in [0.29, 0.717) is 5.56 Å². The molecule has 172 valence electrons. The monoisotopic (exact) mass is 450 g/mol. The number of carbonyl (C=O) groups excluding carboxylic acids is 2. The standard InChI is InChI=1S/C21H22O11/c22-7-13(26)17(28)18(29)14(27)8-31-21-19(30)16-12(25)5-11(24)6-15(16)32-20(21)9-1-3-10(23)4-2-9/h1-7,13-14,17-18,20-21,23-29H,8H2/t13-,14-,17-,18-,20+,21-/m1/s1. The van der Waals surface area contributed by atoms with Crippen LogP contribution in [0, 0.1) is 0 Å². The molecule has 1 aliphatic heterocycles. The maximum atomic E-state index is 13.1. The van der Waals surface area contributed by atoms with E-state index in [0.717, 1.165) is 12.1 Å². The number of aldehydes is 1. The van der Waals surface area contributed by atoms with Crippen LogP contribution in [0.1, 0.15) is 22.0 Å². The zero-order valence-corrected chi connectivity index (χ0v) is 16.5. The Kier molecular flexibility index (Phi) is 6.96. The number of fused-ring (bicyclic) bond motifs is 1. The summed E-state index contributed by atoms with van der Waals surface area (Å²) >= 11 is 0. The third-order valence-electron chi connectivity index (χ3n) is 5.00. The number of phenols is 3. The summed E-state index contributed by atoms with van der Waals surface area (Å²) in [5.41, 5.74) is 0.107. The molecule has 0 bridgehead atoms. The quantitative estimate of drug-likeness (QED) is 0.248. The van der Waals surface area contributed by atoms with Crippen LogP contribution in [0.5, 0.6) is 23.0 Å². The first-order chi connectivity index (χ1) is 15.1. The zero-order valence-electron chi connectivity index (χ0n) is 16.5. The second-order valence-corrected chi connectivity index (χ2v) is 7.26. The summed E-state index contributed by atoms with van der Waals surface area (Å²) in [6.07, 6.45) is -10.3. The molecule has 0 aliphatic carbocycles. The van der Waals surface area contributed by atoms with Gasteiger partial charge in [-0.05, 0) is 17.7 Å². The molecule has 3 rings (SSSR count). The number of phenolic OH excluding ortho intramolecular Hbond substituents is 3. The fourth-order valence-corrected chi connectivity index (χ4v) is 3.29. The molecule has 1 heterocycles. The normalized spacial score (nSPS) is 21.7. The van der Waals surface area contributed by atoms with Crippen LogP contribution in [0.2, 0.25) is 0 Å². The summed E-state index contributed by atoms with van der Waals surface area (Å²) in [7, 11) is 0. The number of benzene rings is 2. The molecule has 7 N–H and O–H groups in total. The van der Waals surface area contributed by atoms with Crippen LogP contribution < -0.4 is 4.74 Å². The van der Waals surface area contributed by atoms with Crippen LogP contribution in [0.25, 0.3) is 0 Å². The van der Waals surface area contributed by atoms with Crippen LogP contribution in [-0.4, -0.2) is 84.9 Å². The van der Waals surface area contributed by atoms with Crippen molar-refractivity contribution in [1.29, 1.82) is 0 Å². The second-order valence-electron chi connectivity index (χ2n) is 7.26. The number of hydrogen-bond acceptors (Lipinski definition) is 11. The molecule has 6 atom stereocenters. The lowest BCUT2D eigenvalue weighted by Gasteiger charge is -2.34. The van der Waals surface area contributed by atoms with E-state index in [1.165, 1.54) is 24.3 Å². The summed E-state index contributed by atoms with van der Waals surface area (Å²) in [6.45, 7) is -0.716. The third-order valence-corrected chi connectivity index (χ3v) is 5.00. The summed E-state index contributed by atoms with van der Waals surface area (Å²) in [6, 6.07) is 7.65. The van der Waals surface area contributed by atoms with Crippen molar-refractivity contribution in [3.63, 3.8) is 0 Å². The van der Waals surface area contributed by atoms with E-state index >= 15 is 0 Å². The smallest absolute Gasteiger partial charge is 0.203 e. The predicted octanol–water partition coefficient (Wildman–Crippen LogP) is -0.853. The van der Waals surface area contributed by atoms with Gasteiger partial charge in [-0.3, -0.25) is 4.79 Å². The maximum Gasteiger partial charge on any atom is 0.203 e. The number of aliphatic hydroxyl groups is 4. The molecule has 0 saturated heterocycles. The zero-order chi connectivity index (χ0) is 23.6. The van der Waals surface area contributed by atoms with Crippen LogP contribution >= 0.6 is 0 Å². The van der Waals surface area contributed by atoms with E-state index in [1.807, 2.05) is 0 Å². The van der Waals surface area contributed by atoms with Gasteiger partial charge in [-0.1, -0.05) is 12.1 Å². The first-order valence-electron chi connectivity index (χ1n) is 9.49. The van der Waals surface area contributed by atoms with E-state index in [4.69, 9.17) is 9.47 Å². The Morgan fingerprint density at radius 2 is 1.62 bits per heavy atom. The third kappa shape index (κ3) is 4.66. The molecule has 0 saturated carbocycles. The van der Waals surface area contributed by atoms with Gasteiger partial charge in [0.05, 0.1) is 6.61 Å². The van der Waals surface area contributed by atoms with Gasteiger partial charge in [0.2, 0.25) is 5.78 Å². The van der Waals surface area contributed by atoms with Gasteiger partial charge in [-0.25, -0.2) is 0 Å². The average molecular weight is 450 g/mol. The Morgan fingerprint density at radius 3 is 2.25 bits per heavy atom. The largest absolute Gasteiger partial charge is 0.508 e. The summed E-state index contributed by atoms with van der Waals surface area (Å²) in [5.74, 6) is -1.83. The number of aromatic hydroxyl groups is 3. The molecule has 11 heteroatoms. The highest BCUT2D eigenvalue weighted by atomic mass is 16.6. The van der Waals surface area contributed by atoms with Gasteiger partial charge >= 0.3 is 0 Å². The Morgan fingerprint density at radius 1 is 0.969 bits per heavy atom. The van der Waals surface area contributed by atoms with Crippen molar-refractivity contribution in [2.45, 2.75) is 36.6 Å². The molecular formula is C21H22O11. The molecule has 2 aromatic rings. The predicted molar refractivity (Wildman–Crippen MR) is 105 cm³/mol. The molecule has 0 fully saturated rings. The van der Waals surface area contributed by atoms with Gasteiger partial charge < -0.3 is 50.0 Å². The van der Waals surface area contributed by atoms with Crippen molar-refractivity contribution in [1.82, 2.24) is 0 Å². The van der Waals surface area contributed by atoms with Crippen molar-refractivity contribution >= 4 is 12.1 Å². The molecule has 32 heavy (non-hydrogen) atoms. The molecule has 1 aliphatic rings. The van der Waals surface area contributed by atoms with Gasteiger partial charge in [0.1, 0.15) is 53.0 Å². The molecular weight excluding hydrogens is 428 g/mol. The fourth-order valence-electron chi connectivity index (χ4n) is 3.29. The molecule has 0 radical (unpaired) electrons. The summed E-state index contributed by atoms with van der Waals surface area (Å²) in [5, 5.41) is 68.4. The highest BCUT2D eigenvalue weighted by molar-refractivity contribution is 6.05. The highest BCUT2D eigenvalue weighted by Crippen LogP contribution is 2.43. The van der Waals surface area contributed by atoms with Crippen molar-refractivity contribution < 1.29 is 54.8 Å². The van der Waals surface area contributed by atoms with E-state index in [1.54, 1.807) is 0 Å². The van der Waals surface area contributed by atoms with Crippen molar-refractivity contribution in [3.05, 3.63) is 47.5 Å². The van der Waals surface area contributed by atoms with E-state index < -0.39 is 54.8 Å².